The molecule has 9 heteroatoms. The van der Waals surface area contributed by atoms with Gasteiger partial charge in [-0.05, 0) is 44.5 Å². The lowest BCUT2D eigenvalue weighted by molar-refractivity contribution is -0.123. The second kappa shape index (κ2) is 8.52. The molecule has 0 saturated heterocycles. The van der Waals surface area contributed by atoms with Crippen molar-refractivity contribution in [3.63, 3.8) is 0 Å². The highest BCUT2D eigenvalue weighted by molar-refractivity contribution is 7.89. The van der Waals surface area contributed by atoms with Crippen LogP contribution in [0.3, 0.4) is 0 Å². The smallest absolute Gasteiger partial charge is 0.375 e. The average Bonchev–Trinajstić information content (AvgIpc) is 3.06. The SMILES string of the molecule is Cc1ccc(S(=O)(=O)N(C)C)cc1NC(=O)[C@@H](C)OC(=O)c1oc2ccccc2c1C. The van der Waals surface area contributed by atoms with Gasteiger partial charge in [0.25, 0.3) is 5.91 Å². The van der Waals surface area contributed by atoms with Crippen molar-refractivity contribution in [2.24, 2.45) is 0 Å². The normalized spacial score (nSPS) is 12.7. The fourth-order valence-corrected chi connectivity index (χ4v) is 3.91. The molecule has 1 N–H and O–H groups in total. The Labute approximate surface area is 180 Å². The van der Waals surface area contributed by atoms with E-state index >= 15 is 0 Å². The zero-order chi connectivity index (χ0) is 22.9. The van der Waals surface area contributed by atoms with E-state index in [-0.39, 0.29) is 10.7 Å². The van der Waals surface area contributed by atoms with Gasteiger partial charge < -0.3 is 14.5 Å². The molecule has 8 nitrogen and oxygen atoms in total. The predicted molar refractivity (Wildman–Crippen MR) is 117 cm³/mol. The van der Waals surface area contributed by atoms with Crippen LogP contribution in [0.1, 0.15) is 28.6 Å². The summed E-state index contributed by atoms with van der Waals surface area (Å²) in [4.78, 5) is 25.2. The second-order valence-corrected chi connectivity index (χ2v) is 9.51. The highest BCUT2D eigenvalue weighted by Gasteiger charge is 2.25. The quantitative estimate of drug-likeness (QED) is 0.584. The van der Waals surface area contributed by atoms with E-state index in [1.54, 1.807) is 32.0 Å². The molecular weight excluding hydrogens is 420 g/mol. The predicted octanol–water partition coefficient (Wildman–Crippen LogP) is 3.48. The molecule has 0 spiro atoms. The maximum atomic E-state index is 12.6. The van der Waals surface area contributed by atoms with Crippen molar-refractivity contribution in [2.75, 3.05) is 19.4 Å². The van der Waals surface area contributed by atoms with Crippen LogP contribution in [0.15, 0.2) is 51.8 Å². The average molecular weight is 445 g/mol. The first-order chi connectivity index (χ1) is 14.5. The summed E-state index contributed by atoms with van der Waals surface area (Å²) in [5.41, 5.74) is 2.16. The number of sulfonamides is 1. The summed E-state index contributed by atoms with van der Waals surface area (Å²) in [6.45, 7) is 4.91. The second-order valence-electron chi connectivity index (χ2n) is 7.35. The summed E-state index contributed by atoms with van der Waals surface area (Å²) in [7, 11) is -0.809. The first-order valence-corrected chi connectivity index (χ1v) is 11.0. The molecule has 164 valence electrons. The summed E-state index contributed by atoms with van der Waals surface area (Å²) in [5.74, 6) is -1.31. The molecule has 0 radical (unpaired) electrons. The number of benzene rings is 2. The van der Waals surface area contributed by atoms with Gasteiger partial charge in [0.2, 0.25) is 15.8 Å². The molecule has 3 rings (SSSR count). The molecule has 0 fully saturated rings. The molecule has 1 amide bonds. The van der Waals surface area contributed by atoms with Crippen LogP contribution in [0.5, 0.6) is 0 Å². The Bertz CT molecular complexity index is 1260. The number of hydrogen-bond donors (Lipinski definition) is 1. The van der Waals surface area contributed by atoms with Gasteiger partial charge in [-0.2, -0.15) is 0 Å². The minimum atomic E-state index is -3.66. The van der Waals surface area contributed by atoms with Gasteiger partial charge in [0, 0.05) is 30.7 Å². The summed E-state index contributed by atoms with van der Waals surface area (Å²) in [6, 6.07) is 11.6. The van der Waals surface area contributed by atoms with E-state index in [1.807, 2.05) is 12.1 Å². The van der Waals surface area contributed by atoms with Crippen molar-refractivity contribution >= 4 is 38.6 Å². The molecule has 3 aromatic rings. The van der Waals surface area contributed by atoms with Gasteiger partial charge in [-0.1, -0.05) is 24.3 Å². The first kappa shape index (κ1) is 22.5. The molecule has 0 aliphatic rings. The lowest BCUT2D eigenvalue weighted by Crippen LogP contribution is -2.30. The summed E-state index contributed by atoms with van der Waals surface area (Å²) < 4.78 is 36.7. The molecular formula is C22H24N2O6S. The van der Waals surface area contributed by atoms with Crippen LogP contribution < -0.4 is 5.32 Å². The van der Waals surface area contributed by atoms with Crippen molar-refractivity contribution in [3.05, 3.63) is 59.4 Å². The number of esters is 1. The molecule has 0 aliphatic carbocycles. The van der Waals surface area contributed by atoms with Crippen molar-refractivity contribution < 1.29 is 27.2 Å². The highest BCUT2D eigenvalue weighted by Crippen LogP contribution is 2.26. The third-order valence-electron chi connectivity index (χ3n) is 4.93. The number of rotatable bonds is 6. The molecule has 0 aliphatic heterocycles. The van der Waals surface area contributed by atoms with E-state index in [2.05, 4.69) is 5.32 Å². The van der Waals surface area contributed by atoms with E-state index in [4.69, 9.17) is 9.15 Å². The maximum absolute atomic E-state index is 12.6. The van der Waals surface area contributed by atoms with E-state index in [1.165, 1.54) is 33.2 Å². The number of carbonyl (C=O) groups excluding carboxylic acids is 2. The van der Waals surface area contributed by atoms with Crippen LogP contribution in [-0.2, 0) is 19.6 Å². The molecule has 31 heavy (non-hydrogen) atoms. The van der Waals surface area contributed by atoms with Crippen LogP contribution in [0, 0.1) is 13.8 Å². The Morgan fingerprint density at radius 1 is 1.10 bits per heavy atom. The number of aryl methyl sites for hydroxylation is 2. The number of amides is 1. The number of hydrogen-bond acceptors (Lipinski definition) is 6. The minimum Gasteiger partial charge on any atom is -0.449 e. The molecule has 2 aromatic carbocycles. The molecule has 1 aromatic heterocycles. The van der Waals surface area contributed by atoms with Crippen LogP contribution in [0.2, 0.25) is 0 Å². The molecule has 1 atom stereocenters. The molecule has 0 bridgehead atoms. The van der Waals surface area contributed by atoms with Crippen LogP contribution in [-0.4, -0.2) is 44.8 Å². The zero-order valence-electron chi connectivity index (χ0n) is 17.9. The van der Waals surface area contributed by atoms with E-state index < -0.39 is 28.0 Å². The standard InChI is InChI=1S/C22H24N2O6S/c1-13-10-11-16(31(27,28)24(4)5)12-18(13)23-21(25)15(3)29-22(26)20-14(2)17-8-6-7-9-19(17)30-20/h6-12,15H,1-5H3,(H,23,25)/t15-/m1/s1. The number of nitrogens with zero attached hydrogens (tertiary/aromatic N) is 1. The van der Waals surface area contributed by atoms with Crippen molar-refractivity contribution in [2.45, 2.75) is 31.8 Å². The van der Waals surface area contributed by atoms with Gasteiger partial charge >= 0.3 is 5.97 Å². The third-order valence-corrected chi connectivity index (χ3v) is 6.74. The third kappa shape index (κ3) is 4.47. The number of carbonyl (C=O) groups is 2. The van der Waals surface area contributed by atoms with Crippen molar-refractivity contribution in [1.82, 2.24) is 4.31 Å². The number of ether oxygens (including phenoxy) is 1. The fourth-order valence-electron chi connectivity index (χ4n) is 2.98. The minimum absolute atomic E-state index is 0.0381. The Kier molecular flexibility index (Phi) is 6.19. The first-order valence-electron chi connectivity index (χ1n) is 9.55. The summed E-state index contributed by atoms with van der Waals surface area (Å²) >= 11 is 0. The summed E-state index contributed by atoms with van der Waals surface area (Å²) in [6.07, 6.45) is -1.13. The number of para-hydroxylation sites is 1. The zero-order valence-corrected chi connectivity index (χ0v) is 18.7. The monoisotopic (exact) mass is 444 g/mol. The molecule has 0 unspecified atom stereocenters. The number of nitrogens with one attached hydrogen (secondary N) is 1. The molecule has 1 heterocycles. The number of anilines is 1. The number of fused-ring (bicyclic) bond motifs is 1. The van der Waals surface area contributed by atoms with E-state index in [0.717, 1.165) is 9.69 Å². The Hall–Kier alpha value is -3.17. The van der Waals surface area contributed by atoms with Gasteiger partial charge in [0.15, 0.2) is 6.10 Å². The van der Waals surface area contributed by atoms with E-state index in [0.29, 0.717) is 22.4 Å². The Morgan fingerprint density at radius 3 is 2.42 bits per heavy atom. The van der Waals surface area contributed by atoms with Gasteiger partial charge in [0.1, 0.15) is 5.58 Å². The lowest BCUT2D eigenvalue weighted by Gasteiger charge is -2.16. The van der Waals surface area contributed by atoms with E-state index in [9.17, 15) is 18.0 Å². The van der Waals surface area contributed by atoms with Gasteiger partial charge in [-0.25, -0.2) is 17.5 Å². The van der Waals surface area contributed by atoms with Gasteiger partial charge in [-0.15, -0.1) is 0 Å². The van der Waals surface area contributed by atoms with Gasteiger partial charge in [0.05, 0.1) is 4.90 Å². The maximum Gasteiger partial charge on any atom is 0.375 e. The van der Waals surface area contributed by atoms with Crippen LogP contribution in [0.25, 0.3) is 11.0 Å². The Balaban J connectivity index is 1.76. The van der Waals surface area contributed by atoms with Gasteiger partial charge in [-0.3, -0.25) is 4.79 Å². The Morgan fingerprint density at radius 2 is 1.77 bits per heavy atom. The fraction of sp³-hybridized carbons (Fsp3) is 0.273. The summed E-state index contributed by atoms with van der Waals surface area (Å²) in [5, 5.41) is 3.42. The number of furan rings is 1. The highest BCUT2D eigenvalue weighted by atomic mass is 32.2. The largest absolute Gasteiger partial charge is 0.449 e. The van der Waals surface area contributed by atoms with Crippen molar-refractivity contribution in [1.29, 1.82) is 0 Å². The van der Waals surface area contributed by atoms with Crippen molar-refractivity contribution in [3.8, 4) is 0 Å². The van der Waals surface area contributed by atoms with Crippen LogP contribution >= 0.6 is 0 Å². The van der Waals surface area contributed by atoms with Crippen LogP contribution in [0.4, 0.5) is 5.69 Å². The molecule has 0 saturated carbocycles. The lowest BCUT2D eigenvalue weighted by atomic mass is 10.1. The topological polar surface area (TPSA) is 106 Å².